The van der Waals surface area contributed by atoms with Gasteiger partial charge in [-0.1, -0.05) is 12.1 Å². The van der Waals surface area contributed by atoms with Crippen molar-refractivity contribution in [2.24, 2.45) is 5.92 Å². The van der Waals surface area contributed by atoms with Crippen LogP contribution in [0, 0.1) is 5.92 Å². The van der Waals surface area contributed by atoms with Crippen LogP contribution in [0.3, 0.4) is 0 Å². The number of carbonyl (C=O) groups is 1. The molecule has 0 radical (unpaired) electrons. The van der Waals surface area contributed by atoms with E-state index >= 15 is 0 Å². The number of likely N-dealkylation sites (tertiary alicyclic amines) is 1. The van der Waals surface area contributed by atoms with Gasteiger partial charge in [-0.25, -0.2) is 0 Å². The fraction of sp³-hybridized carbons (Fsp3) is 0.458. The Bertz CT molecular complexity index is 1070. The Morgan fingerprint density at radius 1 is 0.917 bits per heavy atom. The van der Waals surface area contributed by atoms with Crippen LogP contribution in [0.4, 0.5) is 39.5 Å². The summed E-state index contributed by atoms with van der Waals surface area (Å²) in [6.07, 6.45) is -14.4. The average Bonchev–Trinajstić information content (AvgIpc) is 2.76. The number of hydrogen-bond donors (Lipinski definition) is 1. The number of hydrogen-bond acceptors (Lipinski definition) is 2. The van der Waals surface area contributed by atoms with Crippen molar-refractivity contribution < 1.29 is 49.4 Å². The minimum Gasteiger partial charge on any atom is -0.481 e. The molecule has 2 aromatic carbocycles. The van der Waals surface area contributed by atoms with E-state index in [2.05, 4.69) is 0 Å². The van der Waals surface area contributed by atoms with Gasteiger partial charge >= 0.3 is 24.5 Å². The van der Waals surface area contributed by atoms with Crippen molar-refractivity contribution in [2.45, 2.75) is 56.8 Å². The summed E-state index contributed by atoms with van der Waals surface area (Å²) in [6, 6.07) is 3.10. The van der Waals surface area contributed by atoms with Gasteiger partial charge in [-0.05, 0) is 73.7 Å². The Kier molecular flexibility index (Phi) is 7.69. The monoisotopic (exact) mass is 527 g/mol. The van der Waals surface area contributed by atoms with Gasteiger partial charge in [0.15, 0.2) is 0 Å². The van der Waals surface area contributed by atoms with E-state index in [-0.39, 0.29) is 25.8 Å². The first-order chi connectivity index (χ1) is 16.5. The summed E-state index contributed by atoms with van der Waals surface area (Å²) in [5, 5.41) is 9.16. The van der Waals surface area contributed by atoms with Gasteiger partial charge in [-0.15, -0.1) is 0 Å². The summed E-state index contributed by atoms with van der Waals surface area (Å²) >= 11 is 0. The predicted molar refractivity (Wildman–Crippen MR) is 111 cm³/mol. The van der Waals surface area contributed by atoms with Crippen LogP contribution in [-0.4, -0.2) is 22.5 Å². The molecule has 1 fully saturated rings. The molecular formula is C24H22F9NO2. The van der Waals surface area contributed by atoms with Gasteiger partial charge in [-0.3, -0.25) is 9.69 Å². The smallest absolute Gasteiger partial charge is 0.416 e. The molecule has 1 aliphatic rings. The Hall–Kier alpha value is -2.76. The number of benzene rings is 2. The van der Waals surface area contributed by atoms with Gasteiger partial charge in [0.05, 0.1) is 16.7 Å². The maximum absolute atomic E-state index is 13.7. The van der Waals surface area contributed by atoms with E-state index in [1.807, 2.05) is 0 Å². The summed E-state index contributed by atoms with van der Waals surface area (Å²) < 4.78 is 120. The lowest BCUT2D eigenvalue weighted by molar-refractivity contribution is -0.142. The molecule has 1 N–H and O–H groups in total. The second-order valence-electron chi connectivity index (χ2n) is 8.84. The highest BCUT2D eigenvalue weighted by atomic mass is 19.4. The maximum Gasteiger partial charge on any atom is 0.416 e. The molecule has 3 nitrogen and oxygen atoms in total. The minimum atomic E-state index is -4.95. The molecule has 198 valence electrons. The molecule has 1 saturated heterocycles. The van der Waals surface area contributed by atoms with E-state index < -0.39 is 64.8 Å². The predicted octanol–water partition coefficient (Wildman–Crippen LogP) is 7.73. The molecule has 0 aromatic heterocycles. The summed E-state index contributed by atoms with van der Waals surface area (Å²) in [5.74, 6) is -1.52. The van der Waals surface area contributed by atoms with E-state index in [1.54, 1.807) is 0 Å². The first kappa shape index (κ1) is 27.8. The normalized spacial score (nSPS) is 20.8. The SMILES string of the molecule is C[C@@H](c1cc(C(F)(F)F)ccc1C(F)(F)F)N1CC[C@@H](CC(=O)O)C[C@H]1c1ccc(C(F)(F)F)cc1. The molecule has 36 heavy (non-hydrogen) atoms. The molecular weight excluding hydrogens is 505 g/mol. The molecule has 1 aliphatic heterocycles. The second kappa shape index (κ2) is 9.95. The quantitative estimate of drug-likeness (QED) is 0.405. The number of nitrogens with zero attached hydrogens (tertiary/aromatic N) is 1. The van der Waals surface area contributed by atoms with Crippen molar-refractivity contribution in [3.05, 3.63) is 70.3 Å². The number of carboxylic acid groups (broad SMARTS) is 1. The van der Waals surface area contributed by atoms with E-state index in [4.69, 9.17) is 5.11 Å². The van der Waals surface area contributed by atoms with Crippen LogP contribution in [0.15, 0.2) is 42.5 Å². The Balaban J connectivity index is 2.06. The van der Waals surface area contributed by atoms with E-state index in [9.17, 15) is 44.3 Å². The van der Waals surface area contributed by atoms with Crippen molar-refractivity contribution in [2.75, 3.05) is 6.54 Å². The van der Waals surface area contributed by atoms with Crippen LogP contribution in [0.2, 0.25) is 0 Å². The number of halogens is 9. The highest BCUT2D eigenvalue weighted by molar-refractivity contribution is 5.67. The van der Waals surface area contributed by atoms with Crippen LogP contribution < -0.4 is 0 Å². The third-order valence-corrected chi connectivity index (χ3v) is 6.47. The van der Waals surface area contributed by atoms with Gasteiger partial charge in [0.25, 0.3) is 0 Å². The summed E-state index contributed by atoms with van der Waals surface area (Å²) in [4.78, 5) is 12.7. The van der Waals surface area contributed by atoms with E-state index in [0.717, 1.165) is 24.3 Å². The van der Waals surface area contributed by atoms with Crippen LogP contribution >= 0.6 is 0 Å². The van der Waals surface area contributed by atoms with Crippen molar-refractivity contribution in [3.63, 3.8) is 0 Å². The van der Waals surface area contributed by atoms with Crippen LogP contribution in [0.5, 0.6) is 0 Å². The molecule has 0 amide bonds. The zero-order chi connectivity index (χ0) is 27.1. The van der Waals surface area contributed by atoms with Crippen molar-refractivity contribution in [1.29, 1.82) is 0 Å². The molecule has 3 rings (SSSR count). The molecule has 1 heterocycles. The first-order valence-electron chi connectivity index (χ1n) is 10.9. The number of piperidine rings is 1. The zero-order valence-electron chi connectivity index (χ0n) is 18.8. The summed E-state index contributed by atoms with van der Waals surface area (Å²) in [5.41, 5.74) is -3.77. The van der Waals surface area contributed by atoms with Crippen LogP contribution in [0.1, 0.15) is 66.1 Å². The molecule has 3 atom stereocenters. The molecule has 0 saturated carbocycles. The van der Waals surface area contributed by atoms with Crippen molar-refractivity contribution >= 4 is 5.97 Å². The minimum absolute atomic E-state index is 0.0400. The van der Waals surface area contributed by atoms with Crippen molar-refractivity contribution in [3.8, 4) is 0 Å². The standard InChI is InChI=1S/C24H22F9NO2/c1-13(18-12-17(23(28,29)30)6-7-19(18)24(31,32)33)34-9-8-14(11-21(35)36)10-20(34)15-2-4-16(5-3-15)22(25,26)27/h2-7,12-14,20H,8-11H2,1H3,(H,35,36)/t13-,14+,20-/m0/s1. The number of rotatable bonds is 5. The second-order valence-corrected chi connectivity index (χ2v) is 8.84. The molecule has 0 unspecified atom stereocenters. The number of alkyl halides is 9. The topological polar surface area (TPSA) is 40.5 Å². The van der Waals surface area contributed by atoms with E-state index in [1.165, 1.54) is 11.8 Å². The number of carboxylic acids is 1. The molecule has 0 bridgehead atoms. The Morgan fingerprint density at radius 3 is 1.97 bits per heavy atom. The fourth-order valence-corrected chi connectivity index (χ4v) is 4.70. The Morgan fingerprint density at radius 2 is 1.47 bits per heavy atom. The largest absolute Gasteiger partial charge is 0.481 e. The van der Waals surface area contributed by atoms with Crippen LogP contribution in [-0.2, 0) is 23.3 Å². The molecule has 0 spiro atoms. The van der Waals surface area contributed by atoms with Gasteiger partial charge in [0, 0.05) is 18.5 Å². The van der Waals surface area contributed by atoms with Crippen LogP contribution in [0.25, 0.3) is 0 Å². The zero-order valence-corrected chi connectivity index (χ0v) is 18.8. The lowest BCUT2D eigenvalue weighted by Gasteiger charge is -2.43. The first-order valence-corrected chi connectivity index (χ1v) is 10.9. The molecule has 12 heteroatoms. The Labute approximate surface area is 200 Å². The van der Waals surface area contributed by atoms with Gasteiger partial charge in [0.2, 0.25) is 0 Å². The van der Waals surface area contributed by atoms with Gasteiger partial charge in [0.1, 0.15) is 0 Å². The molecule has 2 aromatic rings. The van der Waals surface area contributed by atoms with Gasteiger partial charge < -0.3 is 5.11 Å². The summed E-state index contributed by atoms with van der Waals surface area (Å²) in [6.45, 7) is 1.34. The fourth-order valence-electron chi connectivity index (χ4n) is 4.70. The van der Waals surface area contributed by atoms with E-state index in [0.29, 0.717) is 23.8 Å². The lowest BCUT2D eigenvalue weighted by atomic mass is 9.83. The highest BCUT2D eigenvalue weighted by Crippen LogP contribution is 2.45. The lowest BCUT2D eigenvalue weighted by Crippen LogP contribution is -2.39. The maximum atomic E-state index is 13.7. The average molecular weight is 527 g/mol. The third kappa shape index (κ3) is 6.32. The highest BCUT2D eigenvalue weighted by Gasteiger charge is 2.41. The van der Waals surface area contributed by atoms with Gasteiger partial charge in [-0.2, -0.15) is 39.5 Å². The molecule has 0 aliphatic carbocycles. The summed E-state index contributed by atoms with van der Waals surface area (Å²) in [7, 11) is 0. The van der Waals surface area contributed by atoms with Crippen molar-refractivity contribution in [1.82, 2.24) is 4.90 Å². The third-order valence-electron chi connectivity index (χ3n) is 6.47. The number of aliphatic carboxylic acids is 1.